The number of nitrogen functional groups attached to an aromatic ring is 1. The van der Waals surface area contributed by atoms with Crippen molar-refractivity contribution in [3.05, 3.63) is 23.8 Å². The molecule has 1 saturated carbocycles. The fourth-order valence-corrected chi connectivity index (χ4v) is 3.01. The Kier molecular flexibility index (Phi) is 4.01. The highest BCUT2D eigenvalue weighted by Gasteiger charge is 2.31. The zero-order valence-electron chi connectivity index (χ0n) is 12.6. The van der Waals surface area contributed by atoms with Gasteiger partial charge in [0, 0.05) is 44.3 Å². The van der Waals surface area contributed by atoms with E-state index in [0.717, 1.165) is 37.9 Å². The molecular weight excluding hydrogens is 264 g/mol. The lowest BCUT2D eigenvalue weighted by atomic mass is 10.1. The molecule has 5 heteroatoms. The summed E-state index contributed by atoms with van der Waals surface area (Å²) < 4.78 is 0. The minimum atomic E-state index is -0.0608. The number of rotatable bonds is 4. The number of carbonyl (C=O) groups excluding carboxylic acids is 1. The summed E-state index contributed by atoms with van der Waals surface area (Å²) in [6.45, 7) is 6.80. The molecule has 1 saturated heterocycles. The zero-order valence-corrected chi connectivity index (χ0v) is 12.6. The van der Waals surface area contributed by atoms with Crippen molar-refractivity contribution in [3.8, 4) is 0 Å². The second kappa shape index (κ2) is 5.93. The maximum Gasteiger partial charge on any atom is 0.251 e. The van der Waals surface area contributed by atoms with Gasteiger partial charge in [0.05, 0.1) is 11.4 Å². The number of amides is 1. The fraction of sp³-hybridized carbons (Fsp3) is 0.562. The van der Waals surface area contributed by atoms with Gasteiger partial charge in [0.15, 0.2) is 0 Å². The molecule has 5 nitrogen and oxygen atoms in total. The molecule has 114 valence electrons. The predicted octanol–water partition coefficient (Wildman–Crippen LogP) is 1.30. The Morgan fingerprint density at radius 1 is 1.29 bits per heavy atom. The van der Waals surface area contributed by atoms with E-state index < -0.39 is 0 Å². The second-order valence-electron chi connectivity index (χ2n) is 5.89. The number of nitrogens with one attached hydrogen (secondary N) is 1. The van der Waals surface area contributed by atoms with Gasteiger partial charge in [0.25, 0.3) is 5.91 Å². The average Bonchev–Trinajstić information content (AvgIpc) is 3.32. The van der Waals surface area contributed by atoms with E-state index in [4.69, 9.17) is 5.73 Å². The minimum Gasteiger partial charge on any atom is -0.397 e. The highest BCUT2D eigenvalue weighted by Crippen LogP contribution is 2.30. The number of carbonyl (C=O) groups is 1. The van der Waals surface area contributed by atoms with Crippen molar-refractivity contribution in [2.45, 2.75) is 25.8 Å². The maximum absolute atomic E-state index is 11.8. The highest BCUT2D eigenvalue weighted by atomic mass is 16.1. The van der Waals surface area contributed by atoms with Crippen molar-refractivity contribution >= 4 is 17.3 Å². The van der Waals surface area contributed by atoms with Gasteiger partial charge in [0.2, 0.25) is 0 Å². The van der Waals surface area contributed by atoms with Crippen molar-refractivity contribution in [1.29, 1.82) is 0 Å². The summed E-state index contributed by atoms with van der Waals surface area (Å²) in [5, 5.41) is 2.80. The van der Waals surface area contributed by atoms with Crippen LogP contribution in [0.25, 0.3) is 0 Å². The summed E-state index contributed by atoms with van der Waals surface area (Å²) in [6.07, 6.45) is 2.73. The first-order valence-corrected chi connectivity index (χ1v) is 7.85. The van der Waals surface area contributed by atoms with Crippen molar-refractivity contribution in [2.75, 3.05) is 43.4 Å². The van der Waals surface area contributed by atoms with E-state index in [1.165, 1.54) is 12.8 Å². The van der Waals surface area contributed by atoms with E-state index in [2.05, 4.69) is 15.1 Å². The van der Waals surface area contributed by atoms with Gasteiger partial charge in [-0.3, -0.25) is 9.69 Å². The Morgan fingerprint density at radius 3 is 2.57 bits per heavy atom. The molecule has 0 radical (unpaired) electrons. The topological polar surface area (TPSA) is 61.6 Å². The van der Waals surface area contributed by atoms with Gasteiger partial charge in [-0.25, -0.2) is 0 Å². The van der Waals surface area contributed by atoms with E-state index in [0.29, 0.717) is 17.8 Å². The minimum absolute atomic E-state index is 0.0608. The molecule has 1 aliphatic carbocycles. The normalized spacial score (nSPS) is 19.6. The highest BCUT2D eigenvalue weighted by molar-refractivity contribution is 5.96. The molecule has 0 bridgehead atoms. The van der Waals surface area contributed by atoms with E-state index in [9.17, 15) is 4.79 Å². The Balaban J connectivity index is 1.66. The lowest BCUT2D eigenvalue weighted by molar-refractivity contribution is 0.0956. The van der Waals surface area contributed by atoms with Crippen molar-refractivity contribution in [2.24, 2.45) is 0 Å². The SMILES string of the molecule is CCNC(=O)c1ccc(N2CCN(C3CC3)CC2)c(N)c1. The fourth-order valence-electron chi connectivity index (χ4n) is 3.01. The van der Waals surface area contributed by atoms with Gasteiger partial charge in [-0.1, -0.05) is 0 Å². The lowest BCUT2D eigenvalue weighted by Crippen LogP contribution is -2.47. The summed E-state index contributed by atoms with van der Waals surface area (Å²) in [5.74, 6) is -0.0608. The Morgan fingerprint density at radius 2 is 2.00 bits per heavy atom. The molecule has 1 heterocycles. The van der Waals surface area contributed by atoms with Crippen LogP contribution in [-0.2, 0) is 0 Å². The quantitative estimate of drug-likeness (QED) is 0.820. The van der Waals surface area contributed by atoms with Crippen LogP contribution >= 0.6 is 0 Å². The number of hydrogen-bond acceptors (Lipinski definition) is 4. The molecule has 0 aromatic heterocycles. The van der Waals surface area contributed by atoms with E-state index in [1.54, 1.807) is 6.07 Å². The van der Waals surface area contributed by atoms with Crippen LogP contribution in [0.4, 0.5) is 11.4 Å². The molecule has 21 heavy (non-hydrogen) atoms. The van der Waals surface area contributed by atoms with Gasteiger partial charge >= 0.3 is 0 Å². The van der Waals surface area contributed by atoms with Crippen LogP contribution in [0.2, 0.25) is 0 Å². The molecule has 3 rings (SSSR count). The largest absolute Gasteiger partial charge is 0.397 e. The van der Waals surface area contributed by atoms with E-state index in [1.807, 2.05) is 19.1 Å². The van der Waals surface area contributed by atoms with Gasteiger partial charge in [-0.05, 0) is 38.0 Å². The molecule has 3 N–H and O–H groups in total. The number of nitrogens with two attached hydrogens (primary N) is 1. The summed E-state index contributed by atoms with van der Waals surface area (Å²) in [4.78, 5) is 16.7. The molecule has 1 aliphatic heterocycles. The number of hydrogen-bond donors (Lipinski definition) is 2. The Bertz CT molecular complexity index is 519. The van der Waals surface area contributed by atoms with Crippen LogP contribution in [0.1, 0.15) is 30.1 Å². The third-order valence-electron chi connectivity index (χ3n) is 4.35. The molecule has 1 aromatic rings. The molecule has 0 atom stereocenters. The maximum atomic E-state index is 11.8. The Labute approximate surface area is 126 Å². The number of benzene rings is 1. The van der Waals surface area contributed by atoms with Crippen LogP contribution < -0.4 is 16.0 Å². The van der Waals surface area contributed by atoms with Crippen LogP contribution in [0.3, 0.4) is 0 Å². The van der Waals surface area contributed by atoms with Gasteiger partial charge < -0.3 is 16.0 Å². The van der Waals surface area contributed by atoms with Crippen molar-refractivity contribution in [3.63, 3.8) is 0 Å². The van der Waals surface area contributed by atoms with Gasteiger partial charge in [-0.2, -0.15) is 0 Å². The summed E-state index contributed by atoms with van der Waals surface area (Å²) >= 11 is 0. The van der Waals surface area contributed by atoms with Crippen molar-refractivity contribution in [1.82, 2.24) is 10.2 Å². The summed E-state index contributed by atoms with van der Waals surface area (Å²) in [5.41, 5.74) is 8.54. The number of nitrogens with zero attached hydrogens (tertiary/aromatic N) is 2. The van der Waals surface area contributed by atoms with Gasteiger partial charge in [-0.15, -0.1) is 0 Å². The standard InChI is InChI=1S/C16H24N4O/c1-2-18-16(21)12-3-6-15(14(17)11-12)20-9-7-19(8-10-20)13-4-5-13/h3,6,11,13H,2,4-5,7-10,17H2,1H3,(H,18,21). The van der Waals surface area contributed by atoms with Crippen LogP contribution in [0.15, 0.2) is 18.2 Å². The summed E-state index contributed by atoms with van der Waals surface area (Å²) in [7, 11) is 0. The molecule has 2 aliphatic rings. The lowest BCUT2D eigenvalue weighted by Gasteiger charge is -2.36. The Hall–Kier alpha value is -1.75. The number of piperazine rings is 1. The molecule has 1 amide bonds. The number of anilines is 2. The first kappa shape index (κ1) is 14.2. The second-order valence-corrected chi connectivity index (χ2v) is 5.89. The monoisotopic (exact) mass is 288 g/mol. The first-order chi connectivity index (χ1) is 10.2. The van der Waals surface area contributed by atoms with Crippen LogP contribution in [0, 0.1) is 0 Å². The average molecular weight is 288 g/mol. The molecule has 2 fully saturated rings. The molecule has 0 spiro atoms. The third-order valence-corrected chi connectivity index (χ3v) is 4.35. The molecular formula is C16H24N4O. The third kappa shape index (κ3) is 3.13. The van der Waals surface area contributed by atoms with Crippen molar-refractivity contribution < 1.29 is 4.79 Å². The van der Waals surface area contributed by atoms with Gasteiger partial charge in [0.1, 0.15) is 0 Å². The predicted molar refractivity (Wildman–Crippen MR) is 85.7 cm³/mol. The summed E-state index contributed by atoms with van der Waals surface area (Å²) in [6, 6.07) is 6.47. The van der Waals surface area contributed by atoms with Crippen LogP contribution in [0.5, 0.6) is 0 Å². The van der Waals surface area contributed by atoms with E-state index >= 15 is 0 Å². The first-order valence-electron chi connectivity index (χ1n) is 7.85. The smallest absolute Gasteiger partial charge is 0.251 e. The molecule has 0 unspecified atom stereocenters. The van der Waals surface area contributed by atoms with Crippen LogP contribution in [-0.4, -0.2) is 49.6 Å². The van der Waals surface area contributed by atoms with E-state index in [-0.39, 0.29) is 5.91 Å². The zero-order chi connectivity index (χ0) is 14.8. The molecule has 1 aromatic carbocycles.